The number of carbonyl (C=O) groups is 2. The minimum absolute atomic E-state index is 0.150. The first-order valence-electron chi connectivity index (χ1n) is 5.40. The first kappa shape index (κ1) is 11.8. The van der Waals surface area contributed by atoms with Crippen LogP contribution in [0.25, 0.3) is 0 Å². The standard InChI is InChI=1S/C12H17NO2/c1-3-4-7-13-12(15)11(14)9(2)8-10-5-6-10/h1,9-10H,4-8H2,2H3,(H,13,15). The molecule has 1 unspecified atom stereocenters. The zero-order valence-electron chi connectivity index (χ0n) is 9.08. The quantitative estimate of drug-likeness (QED) is 0.403. The third-order valence-corrected chi connectivity index (χ3v) is 2.61. The Bertz CT molecular complexity index is 286. The van der Waals surface area contributed by atoms with Crippen molar-refractivity contribution in [2.45, 2.75) is 32.6 Å². The molecule has 0 aromatic rings. The molecular weight excluding hydrogens is 190 g/mol. The summed E-state index contributed by atoms with van der Waals surface area (Å²) in [5, 5.41) is 2.53. The topological polar surface area (TPSA) is 46.2 Å². The zero-order chi connectivity index (χ0) is 11.3. The summed E-state index contributed by atoms with van der Waals surface area (Å²) in [6.45, 7) is 2.21. The van der Waals surface area contributed by atoms with Gasteiger partial charge in [0.1, 0.15) is 0 Å². The molecule has 0 aromatic carbocycles. The number of nitrogens with one attached hydrogen (secondary N) is 1. The van der Waals surface area contributed by atoms with E-state index in [1.165, 1.54) is 12.8 Å². The average Bonchev–Trinajstić information content (AvgIpc) is 3.00. The van der Waals surface area contributed by atoms with Crippen LogP contribution < -0.4 is 5.32 Å². The van der Waals surface area contributed by atoms with Crippen LogP contribution >= 0.6 is 0 Å². The monoisotopic (exact) mass is 207 g/mol. The fourth-order valence-electron chi connectivity index (χ4n) is 1.52. The van der Waals surface area contributed by atoms with Gasteiger partial charge in [-0.3, -0.25) is 9.59 Å². The van der Waals surface area contributed by atoms with Gasteiger partial charge in [0.15, 0.2) is 0 Å². The number of amides is 1. The van der Waals surface area contributed by atoms with Gasteiger partial charge in [-0.25, -0.2) is 0 Å². The smallest absolute Gasteiger partial charge is 0.287 e. The average molecular weight is 207 g/mol. The summed E-state index contributed by atoms with van der Waals surface area (Å²) in [6, 6.07) is 0. The van der Waals surface area contributed by atoms with Crippen LogP contribution in [0.2, 0.25) is 0 Å². The van der Waals surface area contributed by atoms with Gasteiger partial charge in [0.25, 0.3) is 5.91 Å². The molecule has 1 aliphatic carbocycles. The molecule has 0 saturated heterocycles. The lowest BCUT2D eigenvalue weighted by atomic mass is 9.99. The molecule has 3 heteroatoms. The van der Waals surface area contributed by atoms with Gasteiger partial charge in [-0.1, -0.05) is 19.8 Å². The van der Waals surface area contributed by atoms with E-state index < -0.39 is 5.91 Å². The molecular formula is C12H17NO2. The number of hydrogen-bond acceptors (Lipinski definition) is 2. The molecule has 1 atom stereocenters. The third kappa shape index (κ3) is 4.16. The Kier molecular flexibility index (Phi) is 4.36. The number of Topliss-reactive ketones (excluding diaryl/α,β-unsaturated/α-hetero) is 1. The fraction of sp³-hybridized carbons (Fsp3) is 0.667. The molecule has 1 saturated carbocycles. The second-order valence-corrected chi connectivity index (χ2v) is 4.15. The molecule has 1 rings (SSSR count). The normalized spacial score (nSPS) is 16.5. The van der Waals surface area contributed by atoms with Crippen LogP contribution in [0, 0.1) is 24.2 Å². The highest BCUT2D eigenvalue weighted by Gasteiger charge is 2.29. The Morgan fingerprint density at radius 1 is 1.53 bits per heavy atom. The summed E-state index contributed by atoms with van der Waals surface area (Å²) in [4.78, 5) is 22.9. The van der Waals surface area contributed by atoms with Crippen molar-refractivity contribution in [3.63, 3.8) is 0 Å². The van der Waals surface area contributed by atoms with Crippen LogP contribution in [0.5, 0.6) is 0 Å². The van der Waals surface area contributed by atoms with Gasteiger partial charge in [-0.15, -0.1) is 12.3 Å². The maximum absolute atomic E-state index is 11.5. The van der Waals surface area contributed by atoms with E-state index in [0.29, 0.717) is 18.9 Å². The second-order valence-electron chi connectivity index (χ2n) is 4.15. The van der Waals surface area contributed by atoms with Crippen LogP contribution in [-0.4, -0.2) is 18.2 Å². The molecule has 15 heavy (non-hydrogen) atoms. The molecule has 0 spiro atoms. The highest BCUT2D eigenvalue weighted by molar-refractivity contribution is 6.36. The molecule has 3 nitrogen and oxygen atoms in total. The second kappa shape index (κ2) is 5.55. The minimum Gasteiger partial charge on any atom is -0.349 e. The van der Waals surface area contributed by atoms with Gasteiger partial charge in [-0.05, 0) is 12.3 Å². The Morgan fingerprint density at radius 3 is 2.73 bits per heavy atom. The predicted molar refractivity (Wildman–Crippen MR) is 58.0 cm³/mol. The van der Waals surface area contributed by atoms with Crippen LogP contribution in [-0.2, 0) is 9.59 Å². The molecule has 1 amide bonds. The molecule has 1 fully saturated rings. The minimum atomic E-state index is -0.488. The van der Waals surface area contributed by atoms with Gasteiger partial charge in [-0.2, -0.15) is 0 Å². The molecule has 0 heterocycles. The van der Waals surface area contributed by atoms with E-state index in [-0.39, 0.29) is 11.7 Å². The highest BCUT2D eigenvalue weighted by Crippen LogP contribution is 2.35. The lowest BCUT2D eigenvalue weighted by Gasteiger charge is -2.08. The first-order chi connectivity index (χ1) is 7.15. The molecule has 82 valence electrons. The highest BCUT2D eigenvalue weighted by atomic mass is 16.2. The molecule has 0 aliphatic heterocycles. The van der Waals surface area contributed by atoms with Crippen molar-refractivity contribution in [1.29, 1.82) is 0 Å². The molecule has 0 radical (unpaired) electrons. The van der Waals surface area contributed by atoms with Gasteiger partial charge in [0, 0.05) is 18.9 Å². The lowest BCUT2D eigenvalue weighted by Crippen LogP contribution is -2.35. The maximum atomic E-state index is 11.5. The van der Waals surface area contributed by atoms with E-state index in [4.69, 9.17) is 6.42 Å². The van der Waals surface area contributed by atoms with E-state index >= 15 is 0 Å². The van der Waals surface area contributed by atoms with Gasteiger partial charge in [0.2, 0.25) is 5.78 Å². The Balaban J connectivity index is 2.24. The number of carbonyl (C=O) groups excluding carboxylic acids is 2. The van der Waals surface area contributed by atoms with Gasteiger partial charge < -0.3 is 5.32 Å². The van der Waals surface area contributed by atoms with E-state index in [2.05, 4.69) is 11.2 Å². The van der Waals surface area contributed by atoms with Gasteiger partial charge >= 0.3 is 0 Å². The first-order valence-corrected chi connectivity index (χ1v) is 5.40. The molecule has 1 aliphatic rings. The van der Waals surface area contributed by atoms with Crippen molar-refractivity contribution >= 4 is 11.7 Å². The number of rotatable bonds is 6. The number of hydrogen-bond donors (Lipinski definition) is 1. The summed E-state index contributed by atoms with van der Waals surface area (Å²) < 4.78 is 0. The number of terminal acetylenes is 1. The Hall–Kier alpha value is -1.30. The molecule has 0 bridgehead atoms. The van der Waals surface area contributed by atoms with E-state index in [1.54, 1.807) is 0 Å². The van der Waals surface area contributed by atoms with E-state index in [0.717, 1.165) is 6.42 Å². The molecule has 1 N–H and O–H groups in total. The van der Waals surface area contributed by atoms with Crippen LogP contribution in [0.4, 0.5) is 0 Å². The van der Waals surface area contributed by atoms with E-state index in [9.17, 15) is 9.59 Å². The summed E-state index contributed by atoms with van der Waals surface area (Å²) in [6.07, 6.45) is 8.76. The lowest BCUT2D eigenvalue weighted by molar-refractivity contribution is -0.140. The largest absolute Gasteiger partial charge is 0.349 e. The Labute approximate surface area is 90.6 Å². The van der Waals surface area contributed by atoms with Crippen molar-refractivity contribution in [1.82, 2.24) is 5.32 Å². The maximum Gasteiger partial charge on any atom is 0.287 e. The van der Waals surface area contributed by atoms with Crippen molar-refractivity contribution < 1.29 is 9.59 Å². The Morgan fingerprint density at radius 2 is 2.20 bits per heavy atom. The van der Waals surface area contributed by atoms with Crippen molar-refractivity contribution in [3.8, 4) is 12.3 Å². The third-order valence-electron chi connectivity index (χ3n) is 2.61. The van der Waals surface area contributed by atoms with Crippen LogP contribution in [0.1, 0.15) is 32.6 Å². The summed E-state index contributed by atoms with van der Waals surface area (Å²) in [7, 11) is 0. The van der Waals surface area contributed by atoms with Crippen LogP contribution in [0.3, 0.4) is 0 Å². The summed E-state index contributed by atoms with van der Waals surface area (Å²) in [5.74, 6) is 2.13. The summed E-state index contributed by atoms with van der Waals surface area (Å²) >= 11 is 0. The zero-order valence-corrected chi connectivity index (χ0v) is 9.08. The summed E-state index contributed by atoms with van der Waals surface area (Å²) in [5.41, 5.74) is 0. The molecule has 0 aromatic heterocycles. The number of ketones is 1. The SMILES string of the molecule is C#CCCNC(=O)C(=O)C(C)CC1CC1. The predicted octanol–water partition coefficient (Wildman–Crippen LogP) is 1.13. The fourth-order valence-corrected chi connectivity index (χ4v) is 1.52. The van der Waals surface area contributed by atoms with E-state index in [1.807, 2.05) is 6.92 Å². The van der Waals surface area contributed by atoms with Crippen LogP contribution in [0.15, 0.2) is 0 Å². The van der Waals surface area contributed by atoms with Crippen molar-refractivity contribution in [2.75, 3.05) is 6.54 Å². The van der Waals surface area contributed by atoms with Gasteiger partial charge in [0.05, 0.1) is 0 Å². The van der Waals surface area contributed by atoms with Crippen molar-refractivity contribution in [3.05, 3.63) is 0 Å². The van der Waals surface area contributed by atoms with Crippen molar-refractivity contribution in [2.24, 2.45) is 11.8 Å².